The summed E-state index contributed by atoms with van der Waals surface area (Å²) in [6, 6.07) is 16.5. The fraction of sp³-hybridized carbons (Fsp3) is 0.292. The molecule has 3 aromatic rings. The molecule has 4 heteroatoms. The monoisotopic (exact) mass is 376 g/mol. The fourth-order valence-electron chi connectivity index (χ4n) is 4.17. The van der Waals surface area contributed by atoms with E-state index in [4.69, 9.17) is 0 Å². The topological polar surface area (TPSA) is 34.0 Å². The average molecular weight is 376 g/mol. The molecule has 0 saturated carbocycles. The SMILES string of the molecule is Cc1c2c(n(Cc3ccc(F)cc3)c1C(=O)NCc1ccccc1)CCCC2. The normalized spacial score (nSPS) is 13.2. The number of halogens is 1. The number of carbonyl (C=O) groups excluding carboxylic acids is 1. The molecule has 144 valence electrons. The summed E-state index contributed by atoms with van der Waals surface area (Å²) in [7, 11) is 0. The summed E-state index contributed by atoms with van der Waals surface area (Å²) in [6.45, 7) is 3.15. The highest BCUT2D eigenvalue weighted by atomic mass is 19.1. The summed E-state index contributed by atoms with van der Waals surface area (Å²) in [6.07, 6.45) is 4.32. The zero-order valence-electron chi connectivity index (χ0n) is 16.2. The Labute approximate surface area is 165 Å². The van der Waals surface area contributed by atoms with Gasteiger partial charge in [0.2, 0.25) is 0 Å². The van der Waals surface area contributed by atoms with Crippen molar-refractivity contribution in [3.63, 3.8) is 0 Å². The van der Waals surface area contributed by atoms with Crippen LogP contribution in [0, 0.1) is 12.7 Å². The minimum Gasteiger partial charge on any atom is -0.347 e. The molecule has 0 spiro atoms. The number of nitrogens with one attached hydrogen (secondary N) is 1. The third-order valence-corrected chi connectivity index (χ3v) is 5.61. The minimum atomic E-state index is -0.240. The number of nitrogens with zero attached hydrogens (tertiary/aromatic N) is 1. The van der Waals surface area contributed by atoms with Gasteiger partial charge in [0.1, 0.15) is 11.5 Å². The van der Waals surface area contributed by atoms with Gasteiger partial charge in [-0.2, -0.15) is 0 Å². The molecule has 0 atom stereocenters. The van der Waals surface area contributed by atoms with Gasteiger partial charge in [0.05, 0.1) is 0 Å². The molecule has 0 aliphatic heterocycles. The molecule has 0 unspecified atom stereocenters. The van der Waals surface area contributed by atoms with Crippen molar-refractivity contribution in [1.29, 1.82) is 0 Å². The Balaban J connectivity index is 1.65. The smallest absolute Gasteiger partial charge is 0.268 e. The van der Waals surface area contributed by atoms with Crippen molar-refractivity contribution in [2.45, 2.75) is 45.7 Å². The lowest BCUT2D eigenvalue weighted by Gasteiger charge is -2.17. The second kappa shape index (κ2) is 8.01. The molecule has 28 heavy (non-hydrogen) atoms. The third-order valence-electron chi connectivity index (χ3n) is 5.61. The molecular weight excluding hydrogens is 351 g/mol. The molecular formula is C24H25FN2O. The highest BCUT2D eigenvalue weighted by Crippen LogP contribution is 2.30. The number of hydrogen-bond acceptors (Lipinski definition) is 1. The van der Waals surface area contributed by atoms with Crippen molar-refractivity contribution in [2.75, 3.05) is 0 Å². The first-order chi connectivity index (χ1) is 13.6. The molecule has 0 fully saturated rings. The van der Waals surface area contributed by atoms with E-state index in [0.29, 0.717) is 13.1 Å². The van der Waals surface area contributed by atoms with Gasteiger partial charge in [0, 0.05) is 18.8 Å². The van der Waals surface area contributed by atoms with Crippen LogP contribution in [0.3, 0.4) is 0 Å². The van der Waals surface area contributed by atoms with E-state index in [1.165, 1.54) is 29.8 Å². The molecule has 1 N–H and O–H groups in total. The lowest BCUT2D eigenvalue weighted by Crippen LogP contribution is -2.27. The van der Waals surface area contributed by atoms with Gasteiger partial charge >= 0.3 is 0 Å². The van der Waals surface area contributed by atoms with Crippen LogP contribution in [0.15, 0.2) is 54.6 Å². The Morgan fingerprint density at radius 3 is 2.46 bits per heavy atom. The van der Waals surface area contributed by atoms with Gasteiger partial charge < -0.3 is 9.88 Å². The van der Waals surface area contributed by atoms with Crippen molar-refractivity contribution in [2.24, 2.45) is 0 Å². The molecule has 1 heterocycles. The number of rotatable bonds is 5. The summed E-state index contributed by atoms with van der Waals surface area (Å²) < 4.78 is 15.5. The molecule has 1 amide bonds. The van der Waals surface area contributed by atoms with Gasteiger partial charge in [0.25, 0.3) is 5.91 Å². The first-order valence-electron chi connectivity index (χ1n) is 9.91. The van der Waals surface area contributed by atoms with E-state index in [2.05, 4.69) is 16.8 Å². The van der Waals surface area contributed by atoms with Crippen molar-refractivity contribution in [3.8, 4) is 0 Å². The van der Waals surface area contributed by atoms with Crippen LogP contribution in [0.1, 0.15) is 51.3 Å². The van der Waals surface area contributed by atoms with Gasteiger partial charge in [-0.1, -0.05) is 42.5 Å². The maximum Gasteiger partial charge on any atom is 0.268 e. The van der Waals surface area contributed by atoms with Crippen LogP contribution >= 0.6 is 0 Å². The Morgan fingerprint density at radius 1 is 1.00 bits per heavy atom. The summed E-state index contributed by atoms with van der Waals surface area (Å²) in [5.74, 6) is -0.284. The maximum absolute atomic E-state index is 13.3. The number of hydrogen-bond donors (Lipinski definition) is 1. The van der Waals surface area contributed by atoms with E-state index in [-0.39, 0.29) is 11.7 Å². The van der Waals surface area contributed by atoms with E-state index in [1.807, 2.05) is 30.3 Å². The van der Waals surface area contributed by atoms with Crippen LogP contribution in [0.4, 0.5) is 4.39 Å². The van der Waals surface area contributed by atoms with Crippen LogP contribution in [0.5, 0.6) is 0 Å². The Morgan fingerprint density at radius 2 is 1.71 bits per heavy atom. The first kappa shape index (κ1) is 18.5. The molecule has 2 aromatic carbocycles. The van der Waals surface area contributed by atoms with Crippen LogP contribution in [-0.2, 0) is 25.9 Å². The number of aromatic nitrogens is 1. The average Bonchev–Trinajstić information content (AvgIpc) is 3.01. The molecule has 3 nitrogen and oxygen atoms in total. The lowest BCUT2D eigenvalue weighted by atomic mass is 9.95. The molecule has 1 aliphatic carbocycles. The maximum atomic E-state index is 13.3. The van der Waals surface area contributed by atoms with E-state index in [9.17, 15) is 9.18 Å². The van der Waals surface area contributed by atoms with Crippen molar-refractivity contribution in [3.05, 3.63) is 94.1 Å². The standard InChI is InChI=1S/C24H25FN2O/c1-17-21-9-5-6-10-22(21)27(16-19-11-13-20(25)14-12-19)23(17)24(28)26-15-18-7-3-2-4-8-18/h2-4,7-8,11-14H,5-6,9-10,15-16H2,1H3,(H,26,28). The summed E-state index contributed by atoms with van der Waals surface area (Å²) >= 11 is 0. The van der Waals surface area contributed by atoms with Crippen LogP contribution < -0.4 is 5.32 Å². The van der Waals surface area contributed by atoms with Gasteiger partial charge in [-0.25, -0.2) is 4.39 Å². The number of amides is 1. The lowest BCUT2D eigenvalue weighted by molar-refractivity contribution is 0.0941. The zero-order valence-corrected chi connectivity index (χ0v) is 16.2. The summed E-state index contributed by atoms with van der Waals surface area (Å²) in [4.78, 5) is 13.1. The Kier molecular flexibility index (Phi) is 5.29. The Hall–Kier alpha value is -2.88. The summed E-state index contributed by atoms with van der Waals surface area (Å²) in [5.41, 5.74) is 6.49. The highest BCUT2D eigenvalue weighted by molar-refractivity contribution is 5.95. The molecule has 1 aliphatic rings. The van der Waals surface area contributed by atoms with Crippen LogP contribution in [0.25, 0.3) is 0 Å². The number of fused-ring (bicyclic) bond motifs is 1. The molecule has 1 aromatic heterocycles. The van der Waals surface area contributed by atoms with Crippen LogP contribution in [0.2, 0.25) is 0 Å². The van der Waals surface area contributed by atoms with E-state index >= 15 is 0 Å². The molecule has 0 bridgehead atoms. The summed E-state index contributed by atoms with van der Waals surface area (Å²) in [5, 5.41) is 3.08. The van der Waals surface area contributed by atoms with Gasteiger partial charge in [-0.05, 0) is 67.0 Å². The number of carbonyl (C=O) groups is 1. The second-order valence-corrected chi connectivity index (χ2v) is 7.49. The first-order valence-corrected chi connectivity index (χ1v) is 9.91. The van der Waals surface area contributed by atoms with Crippen molar-refractivity contribution in [1.82, 2.24) is 9.88 Å². The zero-order chi connectivity index (χ0) is 19.5. The predicted molar refractivity (Wildman–Crippen MR) is 109 cm³/mol. The molecule has 0 radical (unpaired) electrons. The number of benzene rings is 2. The minimum absolute atomic E-state index is 0.0436. The van der Waals surface area contributed by atoms with E-state index in [1.54, 1.807) is 12.1 Å². The fourth-order valence-corrected chi connectivity index (χ4v) is 4.17. The molecule has 0 saturated heterocycles. The van der Waals surface area contributed by atoms with E-state index in [0.717, 1.165) is 41.6 Å². The van der Waals surface area contributed by atoms with Gasteiger partial charge in [-0.15, -0.1) is 0 Å². The quantitative estimate of drug-likeness (QED) is 0.682. The van der Waals surface area contributed by atoms with Gasteiger partial charge in [0.15, 0.2) is 0 Å². The van der Waals surface area contributed by atoms with Crippen molar-refractivity contribution < 1.29 is 9.18 Å². The van der Waals surface area contributed by atoms with Crippen LogP contribution in [-0.4, -0.2) is 10.5 Å². The predicted octanol–water partition coefficient (Wildman–Crippen LogP) is 4.79. The third kappa shape index (κ3) is 3.72. The Bertz CT molecular complexity index is 974. The molecule has 4 rings (SSSR count). The van der Waals surface area contributed by atoms with E-state index < -0.39 is 0 Å². The van der Waals surface area contributed by atoms with Crippen molar-refractivity contribution >= 4 is 5.91 Å². The largest absolute Gasteiger partial charge is 0.347 e. The highest BCUT2D eigenvalue weighted by Gasteiger charge is 2.26. The second-order valence-electron chi connectivity index (χ2n) is 7.49. The van der Waals surface area contributed by atoms with Gasteiger partial charge in [-0.3, -0.25) is 4.79 Å².